The number of hydrogen-bond acceptors (Lipinski definition) is 2. The quantitative estimate of drug-likeness (QED) is 0.816. The van der Waals surface area contributed by atoms with Gasteiger partial charge in [-0.3, -0.25) is 9.59 Å². The zero-order chi connectivity index (χ0) is 13.1. The SMILES string of the molecule is O=C(O)C1CCCC1C(=O)Nc1cccc(I)c1. The van der Waals surface area contributed by atoms with Crippen molar-refractivity contribution in [1.29, 1.82) is 0 Å². The maximum absolute atomic E-state index is 12.1. The van der Waals surface area contributed by atoms with E-state index in [1.807, 2.05) is 24.3 Å². The van der Waals surface area contributed by atoms with Gasteiger partial charge in [0.25, 0.3) is 0 Å². The molecular formula is C13H14INO3. The highest BCUT2D eigenvalue weighted by molar-refractivity contribution is 14.1. The van der Waals surface area contributed by atoms with E-state index in [2.05, 4.69) is 27.9 Å². The molecule has 1 fully saturated rings. The number of rotatable bonds is 3. The van der Waals surface area contributed by atoms with Crippen LogP contribution >= 0.6 is 22.6 Å². The molecule has 1 aliphatic carbocycles. The Balaban J connectivity index is 2.06. The predicted molar refractivity (Wildman–Crippen MR) is 76.3 cm³/mol. The Bertz CT molecular complexity index is 475. The van der Waals surface area contributed by atoms with Crippen LogP contribution in [0, 0.1) is 15.4 Å². The summed E-state index contributed by atoms with van der Waals surface area (Å²) >= 11 is 2.17. The second-order valence-electron chi connectivity index (χ2n) is 4.48. The molecule has 4 nitrogen and oxygen atoms in total. The fraction of sp³-hybridized carbons (Fsp3) is 0.385. The summed E-state index contributed by atoms with van der Waals surface area (Å²) in [6, 6.07) is 7.47. The number of carbonyl (C=O) groups is 2. The normalized spacial score (nSPS) is 22.7. The molecule has 0 spiro atoms. The number of amides is 1. The smallest absolute Gasteiger partial charge is 0.307 e. The first-order valence-electron chi connectivity index (χ1n) is 5.87. The number of aliphatic carboxylic acids is 1. The standard InChI is InChI=1S/C13H14INO3/c14-8-3-1-4-9(7-8)15-12(16)10-5-2-6-11(10)13(17)18/h1,3-4,7,10-11H,2,5-6H2,(H,15,16)(H,17,18). The first-order valence-corrected chi connectivity index (χ1v) is 6.95. The molecule has 0 heterocycles. The van der Waals surface area contributed by atoms with E-state index in [4.69, 9.17) is 5.11 Å². The number of carbonyl (C=O) groups excluding carboxylic acids is 1. The summed E-state index contributed by atoms with van der Waals surface area (Å²) in [5, 5.41) is 11.9. The Hall–Kier alpha value is -1.11. The summed E-state index contributed by atoms with van der Waals surface area (Å²) in [6.45, 7) is 0. The molecule has 0 saturated heterocycles. The Morgan fingerprint density at radius 2 is 2.00 bits per heavy atom. The molecule has 5 heteroatoms. The molecule has 2 unspecified atom stereocenters. The average molecular weight is 359 g/mol. The van der Waals surface area contributed by atoms with Crippen molar-refractivity contribution in [2.45, 2.75) is 19.3 Å². The predicted octanol–water partition coefficient (Wildman–Crippen LogP) is 2.73. The maximum Gasteiger partial charge on any atom is 0.307 e. The molecule has 1 aromatic rings. The van der Waals surface area contributed by atoms with E-state index < -0.39 is 17.8 Å². The molecular weight excluding hydrogens is 345 g/mol. The molecule has 0 aromatic heterocycles. The highest BCUT2D eigenvalue weighted by atomic mass is 127. The molecule has 0 bridgehead atoms. The number of carboxylic acids is 1. The highest BCUT2D eigenvalue weighted by Crippen LogP contribution is 2.32. The lowest BCUT2D eigenvalue weighted by Crippen LogP contribution is -2.29. The molecule has 1 amide bonds. The van der Waals surface area contributed by atoms with Gasteiger partial charge in [0, 0.05) is 9.26 Å². The lowest BCUT2D eigenvalue weighted by Gasteiger charge is -2.15. The van der Waals surface area contributed by atoms with Gasteiger partial charge in [-0.25, -0.2) is 0 Å². The van der Waals surface area contributed by atoms with Crippen LogP contribution in [0.1, 0.15) is 19.3 Å². The van der Waals surface area contributed by atoms with Crippen molar-refractivity contribution in [3.63, 3.8) is 0 Å². The van der Waals surface area contributed by atoms with E-state index in [0.717, 1.165) is 15.7 Å². The van der Waals surface area contributed by atoms with Crippen LogP contribution < -0.4 is 5.32 Å². The van der Waals surface area contributed by atoms with Crippen molar-refractivity contribution < 1.29 is 14.7 Å². The second-order valence-corrected chi connectivity index (χ2v) is 5.73. The topological polar surface area (TPSA) is 66.4 Å². The first-order chi connectivity index (χ1) is 8.58. The maximum atomic E-state index is 12.1. The third-order valence-electron chi connectivity index (χ3n) is 3.26. The molecule has 96 valence electrons. The fourth-order valence-corrected chi connectivity index (χ4v) is 2.91. The van der Waals surface area contributed by atoms with Gasteiger partial charge in [-0.05, 0) is 53.6 Å². The van der Waals surface area contributed by atoms with Crippen LogP contribution in [0.25, 0.3) is 0 Å². The Morgan fingerprint density at radius 1 is 1.28 bits per heavy atom. The van der Waals surface area contributed by atoms with Crippen molar-refractivity contribution >= 4 is 40.2 Å². The van der Waals surface area contributed by atoms with Gasteiger partial charge >= 0.3 is 5.97 Å². The molecule has 1 aromatic carbocycles. The lowest BCUT2D eigenvalue weighted by atomic mass is 9.95. The van der Waals surface area contributed by atoms with E-state index in [-0.39, 0.29) is 5.91 Å². The van der Waals surface area contributed by atoms with E-state index >= 15 is 0 Å². The van der Waals surface area contributed by atoms with Gasteiger partial charge in [0.1, 0.15) is 0 Å². The fourth-order valence-electron chi connectivity index (χ4n) is 2.37. The monoisotopic (exact) mass is 359 g/mol. The van der Waals surface area contributed by atoms with Gasteiger partial charge in [0.15, 0.2) is 0 Å². The minimum absolute atomic E-state index is 0.179. The molecule has 1 aliphatic rings. The Kier molecular flexibility index (Phi) is 4.21. The zero-order valence-corrected chi connectivity index (χ0v) is 11.9. The summed E-state index contributed by atoms with van der Waals surface area (Å²) < 4.78 is 1.03. The van der Waals surface area contributed by atoms with Gasteiger partial charge < -0.3 is 10.4 Å². The molecule has 2 rings (SSSR count). The summed E-state index contributed by atoms with van der Waals surface area (Å²) in [5.74, 6) is -1.98. The van der Waals surface area contributed by atoms with Gasteiger partial charge in [-0.2, -0.15) is 0 Å². The van der Waals surface area contributed by atoms with Crippen LogP contribution in [-0.2, 0) is 9.59 Å². The minimum Gasteiger partial charge on any atom is -0.481 e. The van der Waals surface area contributed by atoms with Crippen molar-refractivity contribution in [3.05, 3.63) is 27.8 Å². The van der Waals surface area contributed by atoms with Crippen molar-refractivity contribution in [2.75, 3.05) is 5.32 Å². The van der Waals surface area contributed by atoms with Gasteiger partial charge in [0.05, 0.1) is 11.8 Å². The van der Waals surface area contributed by atoms with E-state index in [0.29, 0.717) is 12.8 Å². The molecule has 2 atom stereocenters. The van der Waals surface area contributed by atoms with Crippen LogP contribution in [-0.4, -0.2) is 17.0 Å². The number of carboxylic acid groups (broad SMARTS) is 1. The van der Waals surface area contributed by atoms with Crippen LogP contribution in [0.3, 0.4) is 0 Å². The Labute approximate surface area is 119 Å². The number of anilines is 1. The van der Waals surface area contributed by atoms with Crippen molar-refractivity contribution in [2.24, 2.45) is 11.8 Å². The molecule has 2 N–H and O–H groups in total. The number of benzene rings is 1. The molecule has 18 heavy (non-hydrogen) atoms. The summed E-state index contributed by atoms with van der Waals surface area (Å²) in [5.41, 5.74) is 0.725. The lowest BCUT2D eigenvalue weighted by molar-refractivity contribution is -0.145. The second kappa shape index (κ2) is 5.69. The van der Waals surface area contributed by atoms with Crippen molar-refractivity contribution in [3.8, 4) is 0 Å². The Morgan fingerprint density at radius 3 is 2.67 bits per heavy atom. The molecule has 1 saturated carbocycles. The summed E-state index contributed by atoms with van der Waals surface area (Å²) in [7, 11) is 0. The average Bonchev–Trinajstić information content (AvgIpc) is 2.77. The van der Waals surface area contributed by atoms with Crippen molar-refractivity contribution in [1.82, 2.24) is 0 Å². The summed E-state index contributed by atoms with van der Waals surface area (Å²) in [6.07, 6.45) is 2.06. The zero-order valence-electron chi connectivity index (χ0n) is 9.73. The molecule has 0 radical (unpaired) electrons. The summed E-state index contributed by atoms with van der Waals surface area (Å²) in [4.78, 5) is 23.1. The minimum atomic E-state index is -0.865. The van der Waals surface area contributed by atoms with Crippen LogP contribution in [0.15, 0.2) is 24.3 Å². The van der Waals surface area contributed by atoms with Gasteiger partial charge in [-0.15, -0.1) is 0 Å². The van der Waals surface area contributed by atoms with Crippen LogP contribution in [0.4, 0.5) is 5.69 Å². The largest absolute Gasteiger partial charge is 0.481 e. The highest BCUT2D eigenvalue weighted by Gasteiger charge is 2.37. The third-order valence-corrected chi connectivity index (χ3v) is 3.93. The number of halogens is 1. The molecule has 0 aliphatic heterocycles. The number of nitrogens with one attached hydrogen (secondary N) is 1. The van der Waals surface area contributed by atoms with Crippen LogP contribution in [0.5, 0.6) is 0 Å². The van der Waals surface area contributed by atoms with E-state index in [1.54, 1.807) is 0 Å². The van der Waals surface area contributed by atoms with E-state index in [1.165, 1.54) is 0 Å². The third kappa shape index (κ3) is 3.01. The van der Waals surface area contributed by atoms with Crippen LogP contribution in [0.2, 0.25) is 0 Å². The van der Waals surface area contributed by atoms with Gasteiger partial charge in [0.2, 0.25) is 5.91 Å². The van der Waals surface area contributed by atoms with Gasteiger partial charge in [-0.1, -0.05) is 12.5 Å². The number of hydrogen-bond donors (Lipinski definition) is 2. The first kappa shape index (κ1) is 13.3. The van der Waals surface area contributed by atoms with E-state index in [9.17, 15) is 9.59 Å².